The minimum Gasteiger partial charge on any atom is -0.459 e. The summed E-state index contributed by atoms with van der Waals surface area (Å²) in [5.74, 6) is 1.26. The van der Waals surface area contributed by atoms with Crippen molar-refractivity contribution in [3.05, 3.63) is 0 Å². The van der Waals surface area contributed by atoms with E-state index in [0.717, 1.165) is 18.8 Å². The van der Waals surface area contributed by atoms with Crippen molar-refractivity contribution in [3.8, 4) is 0 Å². The average molecular weight is 264 g/mol. The van der Waals surface area contributed by atoms with Gasteiger partial charge in [0.25, 0.3) is 0 Å². The summed E-state index contributed by atoms with van der Waals surface area (Å²) < 4.78 is 5.85. The van der Waals surface area contributed by atoms with Crippen LogP contribution in [0, 0.1) is 22.7 Å². The minimum absolute atomic E-state index is 0.0529. The van der Waals surface area contributed by atoms with Crippen LogP contribution in [-0.4, -0.2) is 11.6 Å². The molecule has 0 radical (unpaired) electrons. The Bertz CT molecular complexity index is 400. The van der Waals surface area contributed by atoms with Crippen LogP contribution < -0.4 is 0 Å². The molecule has 3 fully saturated rings. The van der Waals surface area contributed by atoms with Gasteiger partial charge in [0.1, 0.15) is 5.60 Å². The van der Waals surface area contributed by atoms with Gasteiger partial charge in [-0.25, -0.2) is 0 Å². The van der Waals surface area contributed by atoms with Gasteiger partial charge in [0.15, 0.2) is 0 Å². The molecule has 0 aromatic heterocycles. The van der Waals surface area contributed by atoms with Crippen LogP contribution in [0.3, 0.4) is 0 Å². The highest BCUT2D eigenvalue weighted by Crippen LogP contribution is 2.65. The van der Waals surface area contributed by atoms with Gasteiger partial charge in [-0.3, -0.25) is 4.79 Å². The van der Waals surface area contributed by atoms with Crippen molar-refractivity contribution in [2.75, 3.05) is 0 Å². The maximum absolute atomic E-state index is 11.9. The number of esters is 1. The lowest BCUT2D eigenvalue weighted by molar-refractivity contribution is -0.170. The van der Waals surface area contributed by atoms with E-state index in [1.165, 1.54) is 25.7 Å². The summed E-state index contributed by atoms with van der Waals surface area (Å²) in [5, 5.41) is 0. The average Bonchev–Trinajstić information content (AvgIpc) is 2.67. The van der Waals surface area contributed by atoms with Gasteiger partial charge < -0.3 is 4.74 Å². The fraction of sp³-hybridized carbons (Fsp3) is 0.941. The largest absolute Gasteiger partial charge is 0.459 e. The number of ether oxygens (including phenoxy) is 1. The van der Waals surface area contributed by atoms with Gasteiger partial charge in [-0.05, 0) is 48.9 Å². The molecule has 0 N–H and O–H groups in total. The lowest BCUT2D eigenvalue weighted by atomic mass is 9.45. The Morgan fingerprint density at radius 2 is 1.89 bits per heavy atom. The molecule has 0 aromatic carbocycles. The zero-order valence-electron chi connectivity index (χ0n) is 12.9. The van der Waals surface area contributed by atoms with E-state index in [0.29, 0.717) is 23.2 Å². The van der Waals surface area contributed by atoms with E-state index in [4.69, 9.17) is 4.74 Å². The quantitative estimate of drug-likeness (QED) is 0.659. The van der Waals surface area contributed by atoms with Crippen molar-refractivity contribution >= 4 is 5.97 Å². The molecule has 0 spiro atoms. The Morgan fingerprint density at radius 3 is 2.58 bits per heavy atom. The number of hydrogen-bond acceptors (Lipinski definition) is 2. The molecule has 2 heteroatoms. The zero-order chi connectivity index (χ0) is 13.9. The van der Waals surface area contributed by atoms with Crippen molar-refractivity contribution in [1.82, 2.24) is 0 Å². The first-order valence-electron chi connectivity index (χ1n) is 8.06. The highest BCUT2D eigenvalue weighted by atomic mass is 16.6. The Kier molecular flexibility index (Phi) is 2.82. The lowest BCUT2D eigenvalue weighted by Crippen LogP contribution is -2.56. The third kappa shape index (κ3) is 1.71. The summed E-state index contributed by atoms with van der Waals surface area (Å²) in [6.07, 6.45) is 7.91. The summed E-state index contributed by atoms with van der Waals surface area (Å²) in [6, 6.07) is 0. The van der Waals surface area contributed by atoms with E-state index in [9.17, 15) is 4.79 Å². The van der Waals surface area contributed by atoms with Crippen LogP contribution >= 0.6 is 0 Å². The van der Waals surface area contributed by atoms with Gasteiger partial charge in [0.2, 0.25) is 0 Å². The summed E-state index contributed by atoms with van der Waals surface area (Å²) in [7, 11) is 0. The molecule has 0 bridgehead atoms. The molecule has 0 aromatic rings. The first-order chi connectivity index (χ1) is 8.84. The second-order valence-corrected chi connectivity index (χ2v) is 8.09. The molecule has 4 atom stereocenters. The Morgan fingerprint density at radius 1 is 1.16 bits per heavy atom. The predicted octanol–water partition coefficient (Wildman–Crippen LogP) is 4.32. The number of carbonyl (C=O) groups is 1. The number of fused-ring (bicyclic) bond motifs is 3. The first-order valence-corrected chi connectivity index (χ1v) is 8.06. The molecular weight excluding hydrogens is 236 g/mol. The van der Waals surface area contributed by atoms with Crippen molar-refractivity contribution in [2.24, 2.45) is 22.7 Å². The molecule has 2 saturated carbocycles. The van der Waals surface area contributed by atoms with Crippen LogP contribution in [0.25, 0.3) is 0 Å². The Labute approximate surface area is 117 Å². The molecule has 4 unspecified atom stereocenters. The van der Waals surface area contributed by atoms with Crippen LogP contribution in [0.2, 0.25) is 0 Å². The van der Waals surface area contributed by atoms with Crippen LogP contribution in [0.5, 0.6) is 0 Å². The first kappa shape index (κ1) is 13.5. The highest BCUT2D eigenvalue weighted by molar-refractivity contribution is 5.73. The van der Waals surface area contributed by atoms with E-state index in [1.807, 2.05) is 0 Å². The van der Waals surface area contributed by atoms with Gasteiger partial charge >= 0.3 is 5.97 Å². The van der Waals surface area contributed by atoms with E-state index in [1.54, 1.807) is 0 Å². The third-order valence-corrected chi connectivity index (χ3v) is 6.85. The predicted molar refractivity (Wildman–Crippen MR) is 75.7 cm³/mol. The van der Waals surface area contributed by atoms with Crippen molar-refractivity contribution in [1.29, 1.82) is 0 Å². The van der Waals surface area contributed by atoms with Gasteiger partial charge in [-0.2, -0.15) is 0 Å². The van der Waals surface area contributed by atoms with E-state index in [2.05, 4.69) is 27.7 Å². The lowest BCUT2D eigenvalue weighted by Gasteiger charge is -2.60. The Balaban J connectivity index is 2.01. The Hall–Kier alpha value is -0.530. The van der Waals surface area contributed by atoms with Crippen LogP contribution in [0.15, 0.2) is 0 Å². The smallest absolute Gasteiger partial charge is 0.306 e. The number of hydrogen-bond donors (Lipinski definition) is 0. The molecule has 3 rings (SSSR count). The van der Waals surface area contributed by atoms with Crippen molar-refractivity contribution in [3.63, 3.8) is 0 Å². The molecule has 1 heterocycles. The molecule has 2 nitrogen and oxygen atoms in total. The summed E-state index contributed by atoms with van der Waals surface area (Å²) in [4.78, 5) is 11.9. The van der Waals surface area contributed by atoms with Gasteiger partial charge in [0, 0.05) is 5.92 Å². The molecule has 0 amide bonds. The van der Waals surface area contributed by atoms with E-state index in [-0.39, 0.29) is 11.6 Å². The summed E-state index contributed by atoms with van der Waals surface area (Å²) in [5.41, 5.74) is 0.608. The molecule has 108 valence electrons. The zero-order valence-corrected chi connectivity index (χ0v) is 12.9. The van der Waals surface area contributed by atoms with E-state index >= 15 is 0 Å². The van der Waals surface area contributed by atoms with Gasteiger partial charge in [-0.1, -0.05) is 34.1 Å². The fourth-order valence-corrected chi connectivity index (χ4v) is 5.94. The highest BCUT2D eigenvalue weighted by Gasteiger charge is 2.63. The fourth-order valence-electron chi connectivity index (χ4n) is 5.94. The van der Waals surface area contributed by atoms with Crippen molar-refractivity contribution in [2.45, 2.75) is 78.2 Å². The second-order valence-electron chi connectivity index (χ2n) is 8.09. The maximum atomic E-state index is 11.9. The normalized spacial score (nSPS) is 48.3. The standard InChI is InChI=1S/C17H28O2/c1-5-17-10-7-12-15(2,3)8-6-9-16(12,4)13(17)11-14(18)19-17/h12-13H,5-11H2,1-4H3. The molecule has 19 heavy (non-hydrogen) atoms. The minimum atomic E-state index is -0.129. The number of rotatable bonds is 1. The maximum Gasteiger partial charge on any atom is 0.306 e. The van der Waals surface area contributed by atoms with Crippen LogP contribution in [0.4, 0.5) is 0 Å². The summed E-state index contributed by atoms with van der Waals surface area (Å²) >= 11 is 0. The second kappa shape index (κ2) is 3.99. The van der Waals surface area contributed by atoms with Gasteiger partial charge in [-0.15, -0.1) is 0 Å². The third-order valence-electron chi connectivity index (χ3n) is 6.85. The number of carbonyl (C=O) groups excluding carboxylic acids is 1. The summed E-state index contributed by atoms with van der Waals surface area (Å²) in [6.45, 7) is 9.52. The van der Waals surface area contributed by atoms with Gasteiger partial charge in [0.05, 0.1) is 6.42 Å². The van der Waals surface area contributed by atoms with Crippen LogP contribution in [-0.2, 0) is 9.53 Å². The molecule has 1 aliphatic heterocycles. The molecule has 1 saturated heterocycles. The van der Waals surface area contributed by atoms with Crippen molar-refractivity contribution < 1.29 is 9.53 Å². The molecule has 3 aliphatic rings. The molecular formula is C17H28O2. The molecule has 2 aliphatic carbocycles. The van der Waals surface area contributed by atoms with E-state index < -0.39 is 0 Å². The monoisotopic (exact) mass is 264 g/mol. The van der Waals surface area contributed by atoms with Crippen LogP contribution in [0.1, 0.15) is 72.6 Å². The SMILES string of the molecule is CCC12CCC3C(C)(C)CCCC3(C)C1CC(=O)O2. The topological polar surface area (TPSA) is 26.3 Å².